The van der Waals surface area contributed by atoms with Crippen LogP contribution in [0, 0.1) is 5.82 Å². The van der Waals surface area contributed by atoms with Crippen LogP contribution in [-0.2, 0) is 15.7 Å². The maximum atomic E-state index is 14.7. The van der Waals surface area contributed by atoms with E-state index in [4.69, 9.17) is 14.2 Å². The number of benzene rings is 3. The molecular formula is C29H25F4N3O5. The Morgan fingerprint density at radius 1 is 1.05 bits per heavy atom. The summed E-state index contributed by atoms with van der Waals surface area (Å²) in [5.41, 5.74) is 0.329. The van der Waals surface area contributed by atoms with Crippen molar-refractivity contribution in [1.29, 1.82) is 0 Å². The normalized spacial score (nSPS) is 16.1. The van der Waals surface area contributed by atoms with Gasteiger partial charge in [0, 0.05) is 31.2 Å². The third kappa shape index (κ3) is 6.02. The van der Waals surface area contributed by atoms with E-state index in [-0.39, 0.29) is 37.5 Å². The van der Waals surface area contributed by atoms with E-state index in [1.807, 2.05) is 0 Å². The van der Waals surface area contributed by atoms with Crippen LogP contribution in [0.1, 0.15) is 39.5 Å². The Labute approximate surface area is 232 Å². The minimum Gasteiger partial charge on any atom is -0.454 e. The number of alkyl halides is 3. The molecule has 0 aliphatic carbocycles. The van der Waals surface area contributed by atoms with E-state index < -0.39 is 42.0 Å². The van der Waals surface area contributed by atoms with E-state index in [2.05, 4.69) is 5.10 Å². The van der Waals surface area contributed by atoms with Crippen molar-refractivity contribution < 1.29 is 41.4 Å². The van der Waals surface area contributed by atoms with Gasteiger partial charge >= 0.3 is 6.18 Å². The van der Waals surface area contributed by atoms with E-state index in [9.17, 15) is 27.2 Å². The average molecular weight is 572 g/mol. The fourth-order valence-corrected chi connectivity index (χ4v) is 4.65. The van der Waals surface area contributed by atoms with Gasteiger partial charge in [-0.05, 0) is 48.0 Å². The molecule has 0 spiro atoms. The smallest absolute Gasteiger partial charge is 0.416 e. The van der Waals surface area contributed by atoms with Gasteiger partial charge in [-0.1, -0.05) is 24.3 Å². The molecule has 214 valence electrons. The SMILES string of the molecule is COCCN(CC(=O)N1N=C(c2ccccc2F)C[C@H]1c1ccc2c(c1)OCO2)C(=O)c1ccc(C(F)(F)F)cc1. The summed E-state index contributed by atoms with van der Waals surface area (Å²) in [7, 11) is 1.42. The van der Waals surface area contributed by atoms with Crippen LogP contribution < -0.4 is 9.47 Å². The summed E-state index contributed by atoms with van der Waals surface area (Å²) in [4.78, 5) is 28.2. The molecule has 12 heteroatoms. The fraction of sp³-hybridized carbons (Fsp3) is 0.276. The summed E-state index contributed by atoms with van der Waals surface area (Å²) in [5.74, 6) is -0.679. The zero-order valence-electron chi connectivity index (χ0n) is 21.9. The summed E-state index contributed by atoms with van der Waals surface area (Å²) in [6, 6.07) is 14.4. The third-order valence-corrected chi connectivity index (χ3v) is 6.77. The number of hydrazone groups is 1. The molecule has 0 bridgehead atoms. The Bertz CT molecular complexity index is 1480. The van der Waals surface area contributed by atoms with Crippen LogP contribution in [0.4, 0.5) is 17.6 Å². The van der Waals surface area contributed by atoms with Gasteiger partial charge in [0.1, 0.15) is 12.4 Å². The number of carbonyl (C=O) groups is 2. The molecule has 0 saturated carbocycles. The van der Waals surface area contributed by atoms with Crippen molar-refractivity contribution >= 4 is 17.5 Å². The second kappa shape index (κ2) is 11.6. The highest BCUT2D eigenvalue weighted by molar-refractivity contribution is 6.04. The van der Waals surface area contributed by atoms with Gasteiger partial charge in [-0.3, -0.25) is 9.59 Å². The van der Waals surface area contributed by atoms with Crippen molar-refractivity contribution in [2.45, 2.75) is 18.6 Å². The predicted octanol–water partition coefficient (Wildman–Crippen LogP) is 5.04. The number of ether oxygens (including phenoxy) is 3. The standard InChI is InChI=1S/C29H25F4N3O5/c1-39-13-12-35(28(38)18-6-9-20(10-7-18)29(31,32)33)16-27(37)36-24(19-8-11-25-26(14-19)41-17-40-25)15-23(34-36)21-4-2-3-5-22(21)30/h2-11,14,24H,12-13,15-17H2,1H3/t24-/m0/s1. The van der Waals surface area contributed by atoms with Crippen molar-refractivity contribution in [3.05, 3.63) is 94.8 Å². The van der Waals surface area contributed by atoms with Crippen molar-refractivity contribution in [1.82, 2.24) is 9.91 Å². The van der Waals surface area contributed by atoms with E-state index in [1.54, 1.807) is 36.4 Å². The summed E-state index contributed by atoms with van der Waals surface area (Å²) in [6.45, 7) is -0.314. The summed E-state index contributed by atoms with van der Waals surface area (Å²) in [6.07, 6.45) is -4.36. The lowest BCUT2D eigenvalue weighted by Gasteiger charge is -2.27. The monoisotopic (exact) mass is 571 g/mol. The average Bonchev–Trinajstić information content (AvgIpc) is 3.62. The van der Waals surface area contributed by atoms with E-state index >= 15 is 0 Å². The number of amides is 2. The molecule has 0 unspecified atom stereocenters. The molecule has 41 heavy (non-hydrogen) atoms. The van der Waals surface area contributed by atoms with Crippen LogP contribution in [0.25, 0.3) is 0 Å². The molecule has 2 heterocycles. The third-order valence-electron chi connectivity index (χ3n) is 6.77. The zero-order chi connectivity index (χ0) is 29.1. The van der Waals surface area contributed by atoms with Crippen molar-refractivity contribution in [2.75, 3.05) is 33.6 Å². The molecule has 5 rings (SSSR count). The topological polar surface area (TPSA) is 80.7 Å². The second-order valence-corrected chi connectivity index (χ2v) is 9.39. The summed E-state index contributed by atoms with van der Waals surface area (Å²) in [5, 5.41) is 5.68. The maximum Gasteiger partial charge on any atom is 0.416 e. The number of carbonyl (C=O) groups excluding carboxylic acids is 2. The van der Waals surface area contributed by atoms with Crippen LogP contribution in [0.5, 0.6) is 11.5 Å². The van der Waals surface area contributed by atoms with Gasteiger partial charge in [0.15, 0.2) is 11.5 Å². The molecular weight excluding hydrogens is 546 g/mol. The first-order valence-corrected chi connectivity index (χ1v) is 12.6. The van der Waals surface area contributed by atoms with Crippen LogP contribution in [-0.4, -0.2) is 61.0 Å². The quantitative estimate of drug-likeness (QED) is 0.354. The van der Waals surface area contributed by atoms with Gasteiger partial charge in [-0.2, -0.15) is 18.3 Å². The molecule has 8 nitrogen and oxygen atoms in total. The maximum absolute atomic E-state index is 14.7. The number of rotatable bonds is 8. The molecule has 0 radical (unpaired) electrons. The molecule has 2 aliphatic rings. The highest BCUT2D eigenvalue weighted by Crippen LogP contribution is 2.39. The number of halogens is 4. The van der Waals surface area contributed by atoms with Crippen molar-refractivity contribution in [2.24, 2.45) is 5.10 Å². The van der Waals surface area contributed by atoms with E-state index in [0.29, 0.717) is 22.8 Å². The second-order valence-electron chi connectivity index (χ2n) is 9.39. The van der Waals surface area contributed by atoms with Crippen molar-refractivity contribution in [3.63, 3.8) is 0 Å². The first kappa shape index (κ1) is 28.1. The minimum atomic E-state index is -4.55. The Hall–Kier alpha value is -4.45. The Morgan fingerprint density at radius 2 is 1.78 bits per heavy atom. The minimum absolute atomic E-state index is 0.00545. The largest absolute Gasteiger partial charge is 0.454 e. The number of fused-ring (bicyclic) bond motifs is 1. The number of hydrogen-bond donors (Lipinski definition) is 0. The first-order valence-electron chi connectivity index (χ1n) is 12.6. The Balaban J connectivity index is 1.43. The molecule has 2 aliphatic heterocycles. The number of hydrogen-bond acceptors (Lipinski definition) is 6. The molecule has 1 atom stereocenters. The molecule has 0 fully saturated rings. The van der Waals surface area contributed by atoms with E-state index in [1.165, 1.54) is 23.1 Å². The summed E-state index contributed by atoms with van der Waals surface area (Å²) < 4.78 is 69.6. The van der Waals surface area contributed by atoms with Crippen molar-refractivity contribution in [3.8, 4) is 11.5 Å². The van der Waals surface area contributed by atoms with Crippen LogP contribution in [0.3, 0.4) is 0 Å². The van der Waals surface area contributed by atoms with Gasteiger partial charge in [-0.15, -0.1) is 0 Å². The lowest BCUT2D eigenvalue weighted by atomic mass is 9.97. The first-order chi connectivity index (χ1) is 19.7. The number of methoxy groups -OCH3 is 1. The van der Waals surface area contributed by atoms with Gasteiger partial charge < -0.3 is 19.1 Å². The molecule has 3 aromatic carbocycles. The van der Waals surface area contributed by atoms with Gasteiger partial charge in [0.25, 0.3) is 11.8 Å². The molecule has 2 amide bonds. The zero-order valence-corrected chi connectivity index (χ0v) is 21.9. The lowest BCUT2D eigenvalue weighted by Crippen LogP contribution is -2.42. The van der Waals surface area contributed by atoms with Gasteiger partial charge in [-0.25, -0.2) is 9.40 Å². The van der Waals surface area contributed by atoms with E-state index in [0.717, 1.165) is 24.3 Å². The molecule has 3 aromatic rings. The Morgan fingerprint density at radius 3 is 2.49 bits per heavy atom. The lowest BCUT2D eigenvalue weighted by molar-refractivity contribution is -0.137. The fourth-order valence-electron chi connectivity index (χ4n) is 4.65. The predicted molar refractivity (Wildman–Crippen MR) is 139 cm³/mol. The van der Waals surface area contributed by atoms with Crippen LogP contribution >= 0.6 is 0 Å². The highest BCUT2D eigenvalue weighted by atomic mass is 19.4. The number of nitrogens with zero attached hydrogens (tertiary/aromatic N) is 3. The molecule has 0 saturated heterocycles. The summed E-state index contributed by atoms with van der Waals surface area (Å²) >= 11 is 0. The Kier molecular flexibility index (Phi) is 7.93. The molecule has 0 N–H and O–H groups in total. The van der Waals surface area contributed by atoms with Gasteiger partial charge in [0.2, 0.25) is 6.79 Å². The van der Waals surface area contributed by atoms with Gasteiger partial charge in [0.05, 0.1) is 23.9 Å². The highest BCUT2D eigenvalue weighted by Gasteiger charge is 2.36. The molecule has 0 aromatic heterocycles. The van der Waals surface area contributed by atoms with Crippen LogP contribution in [0.15, 0.2) is 71.8 Å². The van der Waals surface area contributed by atoms with Crippen LogP contribution in [0.2, 0.25) is 0 Å².